The van der Waals surface area contributed by atoms with Crippen LogP contribution in [0.2, 0.25) is 0 Å². The first-order valence-corrected chi connectivity index (χ1v) is 8.52. The van der Waals surface area contributed by atoms with Crippen LogP contribution in [0.1, 0.15) is 5.56 Å². The Balaban J connectivity index is 2.16. The van der Waals surface area contributed by atoms with Crippen LogP contribution in [0.25, 0.3) is 0 Å². The number of sulfonamides is 1. The van der Waals surface area contributed by atoms with Crippen LogP contribution < -0.4 is 15.2 Å². The molecule has 0 aromatic heterocycles. The summed E-state index contributed by atoms with van der Waals surface area (Å²) in [4.78, 5) is 0. The van der Waals surface area contributed by atoms with Gasteiger partial charge in [0, 0.05) is 11.4 Å². The molecule has 3 N–H and O–H groups in total. The average Bonchev–Trinajstić information content (AvgIpc) is 2.37. The number of rotatable bonds is 5. The lowest BCUT2D eigenvalue weighted by Gasteiger charge is -2.10. The highest BCUT2D eigenvalue weighted by Crippen LogP contribution is 2.28. The second-order valence-electron chi connectivity index (χ2n) is 4.46. The molecule has 0 amide bonds. The lowest BCUT2D eigenvalue weighted by molar-refractivity contribution is 0.412. The summed E-state index contributed by atoms with van der Waals surface area (Å²) in [6.07, 6.45) is 0. The third-order valence-corrected chi connectivity index (χ3v) is 4.61. The lowest BCUT2D eigenvalue weighted by Crippen LogP contribution is -2.15. The molecule has 0 aliphatic rings. The zero-order valence-corrected chi connectivity index (χ0v) is 13.7. The van der Waals surface area contributed by atoms with Crippen LogP contribution in [0.15, 0.2) is 46.9 Å². The largest absolute Gasteiger partial charge is 0.496 e. The maximum Gasteiger partial charge on any atom is 0.236 e. The number of hydrogen-bond donors (Lipinski definition) is 2. The second-order valence-corrected chi connectivity index (χ2v) is 7.03. The highest BCUT2D eigenvalue weighted by molar-refractivity contribution is 9.10. The fourth-order valence-electron chi connectivity index (χ4n) is 1.85. The predicted octanol–water partition coefficient (Wildman–Crippen LogP) is 2.98. The molecule has 0 bridgehead atoms. The molecule has 0 aliphatic heterocycles. The SMILES string of the molecule is COc1ccc(NS(=O)(=O)Cc2cccc(N)c2)cc1Br. The van der Waals surface area contributed by atoms with Gasteiger partial charge in [0.05, 0.1) is 17.3 Å². The van der Waals surface area contributed by atoms with Crippen LogP contribution in [-0.2, 0) is 15.8 Å². The summed E-state index contributed by atoms with van der Waals surface area (Å²) in [5, 5.41) is 0. The van der Waals surface area contributed by atoms with Gasteiger partial charge < -0.3 is 10.5 Å². The summed E-state index contributed by atoms with van der Waals surface area (Å²) in [6.45, 7) is 0. The van der Waals surface area contributed by atoms with Crippen molar-refractivity contribution in [1.29, 1.82) is 0 Å². The van der Waals surface area contributed by atoms with E-state index in [1.807, 2.05) is 0 Å². The predicted molar refractivity (Wildman–Crippen MR) is 87.8 cm³/mol. The van der Waals surface area contributed by atoms with Crippen molar-refractivity contribution in [3.8, 4) is 5.75 Å². The summed E-state index contributed by atoms with van der Waals surface area (Å²) in [5.74, 6) is 0.496. The zero-order valence-electron chi connectivity index (χ0n) is 11.3. The quantitative estimate of drug-likeness (QED) is 0.792. The van der Waals surface area contributed by atoms with Crippen molar-refractivity contribution in [3.63, 3.8) is 0 Å². The minimum Gasteiger partial charge on any atom is -0.496 e. The number of benzene rings is 2. The fraction of sp³-hybridized carbons (Fsp3) is 0.143. The van der Waals surface area contributed by atoms with Crippen LogP contribution in [-0.4, -0.2) is 15.5 Å². The molecular weight excluding hydrogens is 356 g/mol. The van der Waals surface area contributed by atoms with Crippen LogP contribution in [0, 0.1) is 0 Å². The van der Waals surface area contributed by atoms with E-state index < -0.39 is 10.0 Å². The Bertz CT molecular complexity index is 748. The monoisotopic (exact) mass is 370 g/mol. The number of nitrogens with one attached hydrogen (secondary N) is 1. The van der Waals surface area contributed by atoms with Crippen molar-refractivity contribution >= 4 is 37.3 Å². The lowest BCUT2D eigenvalue weighted by atomic mass is 10.2. The van der Waals surface area contributed by atoms with E-state index in [-0.39, 0.29) is 5.75 Å². The molecule has 2 aromatic carbocycles. The third-order valence-electron chi connectivity index (χ3n) is 2.73. The fourth-order valence-corrected chi connectivity index (χ4v) is 3.57. The first kappa shape index (κ1) is 15.7. The topological polar surface area (TPSA) is 81.4 Å². The van der Waals surface area contributed by atoms with Gasteiger partial charge in [0.25, 0.3) is 0 Å². The van der Waals surface area contributed by atoms with Gasteiger partial charge in [0.1, 0.15) is 5.75 Å². The van der Waals surface area contributed by atoms with Gasteiger partial charge in [-0.3, -0.25) is 4.72 Å². The molecule has 112 valence electrons. The van der Waals surface area contributed by atoms with Crippen LogP contribution >= 0.6 is 15.9 Å². The number of halogens is 1. The number of nitrogens with two attached hydrogens (primary N) is 1. The van der Waals surface area contributed by atoms with E-state index in [0.717, 1.165) is 0 Å². The second kappa shape index (κ2) is 6.36. The smallest absolute Gasteiger partial charge is 0.236 e. The van der Waals surface area contributed by atoms with Crippen molar-refractivity contribution in [1.82, 2.24) is 0 Å². The van der Waals surface area contributed by atoms with Gasteiger partial charge in [-0.15, -0.1) is 0 Å². The third kappa shape index (κ3) is 4.37. The van der Waals surface area contributed by atoms with Crippen LogP contribution in [0.4, 0.5) is 11.4 Å². The Labute approximate surface area is 132 Å². The van der Waals surface area contributed by atoms with Crippen LogP contribution in [0.3, 0.4) is 0 Å². The van der Waals surface area contributed by atoms with E-state index in [1.165, 1.54) is 0 Å². The number of methoxy groups -OCH3 is 1. The van der Waals surface area contributed by atoms with Crippen molar-refractivity contribution < 1.29 is 13.2 Å². The van der Waals surface area contributed by atoms with E-state index in [1.54, 1.807) is 49.6 Å². The maximum absolute atomic E-state index is 12.1. The Morgan fingerprint density at radius 1 is 1.24 bits per heavy atom. The summed E-state index contributed by atoms with van der Waals surface area (Å²) < 4.78 is 32.6. The molecule has 0 spiro atoms. The van der Waals surface area contributed by atoms with Gasteiger partial charge in [0.2, 0.25) is 10.0 Å². The van der Waals surface area contributed by atoms with Gasteiger partial charge >= 0.3 is 0 Å². The number of hydrogen-bond acceptors (Lipinski definition) is 4. The molecule has 0 saturated heterocycles. The van der Waals surface area contributed by atoms with Gasteiger partial charge in [-0.1, -0.05) is 12.1 Å². The molecule has 0 atom stereocenters. The molecule has 21 heavy (non-hydrogen) atoms. The molecule has 0 aliphatic carbocycles. The summed E-state index contributed by atoms with van der Waals surface area (Å²) in [7, 11) is -1.96. The highest BCUT2D eigenvalue weighted by Gasteiger charge is 2.13. The Kier molecular flexibility index (Phi) is 4.74. The van der Waals surface area contributed by atoms with Gasteiger partial charge in [0.15, 0.2) is 0 Å². The number of nitrogen functional groups attached to an aromatic ring is 1. The summed E-state index contributed by atoms with van der Waals surface area (Å²) in [6, 6.07) is 11.8. The molecule has 0 unspecified atom stereocenters. The van der Waals surface area contributed by atoms with E-state index in [9.17, 15) is 8.42 Å². The number of ether oxygens (including phenoxy) is 1. The normalized spacial score (nSPS) is 11.1. The Morgan fingerprint density at radius 2 is 2.00 bits per heavy atom. The molecule has 2 rings (SSSR count). The standard InChI is InChI=1S/C14H15BrN2O3S/c1-20-14-6-5-12(8-13(14)15)17-21(18,19)9-10-3-2-4-11(16)7-10/h2-8,17H,9,16H2,1H3. The Morgan fingerprint density at radius 3 is 2.62 bits per heavy atom. The molecule has 0 radical (unpaired) electrons. The van der Waals surface area contributed by atoms with Gasteiger partial charge in [-0.05, 0) is 51.8 Å². The molecule has 0 saturated carbocycles. The maximum atomic E-state index is 12.1. The molecular formula is C14H15BrN2O3S. The van der Waals surface area contributed by atoms with Crippen molar-refractivity contribution in [2.75, 3.05) is 17.6 Å². The zero-order chi connectivity index (χ0) is 15.5. The minimum absolute atomic E-state index is 0.137. The molecule has 2 aromatic rings. The highest BCUT2D eigenvalue weighted by atomic mass is 79.9. The molecule has 0 heterocycles. The van der Waals surface area contributed by atoms with Crippen LogP contribution in [0.5, 0.6) is 5.75 Å². The summed E-state index contributed by atoms with van der Waals surface area (Å²) >= 11 is 3.31. The van der Waals surface area contributed by atoms with E-state index >= 15 is 0 Å². The Hall–Kier alpha value is -1.73. The average molecular weight is 371 g/mol. The first-order valence-electron chi connectivity index (χ1n) is 6.08. The minimum atomic E-state index is -3.51. The van der Waals surface area contributed by atoms with Crippen molar-refractivity contribution in [2.24, 2.45) is 0 Å². The van der Waals surface area contributed by atoms with E-state index in [0.29, 0.717) is 27.2 Å². The molecule has 5 nitrogen and oxygen atoms in total. The van der Waals surface area contributed by atoms with Gasteiger partial charge in [-0.2, -0.15) is 0 Å². The molecule has 0 fully saturated rings. The van der Waals surface area contributed by atoms with E-state index in [2.05, 4.69) is 20.7 Å². The summed E-state index contributed by atoms with van der Waals surface area (Å²) in [5.41, 5.74) is 7.28. The number of anilines is 2. The van der Waals surface area contributed by atoms with Gasteiger partial charge in [-0.25, -0.2) is 8.42 Å². The molecule has 7 heteroatoms. The first-order chi connectivity index (χ1) is 9.89. The van der Waals surface area contributed by atoms with Crippen molar-refractivity contribution in [2.45, 2.75) is 5.75 Å². The van der Waals surface area contributed by atoms with Crippen molar-refractivity contribution in [3.05, 3.63) is 52.5 Å². The van der Waals surface area contributed by atoms with E-state index in [4.69, 9.17) is 10.5 Å².